The van der Waals surface area contributed by atoms with E-state index >= 15 is 0 Å². The standard InChI is InChI=1S/C29H25F6N3O/c30-28(31,32)23-10-6-11-24(29(33,34)35)26(23)27(39)38-14-13-37(17-19-7-2-1-3-8-19)18-21(38)15-20-16-36-25-12-5-4-9-22(20)25/h1-12,16,21,36H,13-15,17-18H2/t21-/m1/s1. The Labute approximate surface area is 220 Å². The van der Waals surface area contributed by atoms with E-state index in [2.05, 4.69) is 9.88 Å². The van der Waals surface area contributed by atoms with Gasteiger partial charge in [-0.15, -0.1) is 0 Å². The number of nitrogens with one attached hydrogen (secondary N) is 1. The Hall–Kier alpha value is -3.79. The number of alkyl halides is 6. The maximum absolute atomic E-state index is 13.9. The molecule has 1 atom stereocenters. The highest BCUT2D eigenvalue weighted by molar-refractivity contribution is 5.98. The van der Waals surface area contributed by atoms with Crippen molar-refractivity contribution in [1.29, 1.82) is 0 Å². The fourth-order valence-corrected chi connectivity index (χ4v) is 5.30. The van der Waals surface area contributed by atoms with Crippen molar-refractivity contribution in [3.8, 4) is 0 Å². The summed E-state index contributed by atoms with van der Waals surface area (Å²) in [5.41, 5.74) is -1.82. The number of aromatic amines is 1. The van der Waals surface area contributed by atoms with E-state index in [-0.39, 0.29) is 19.5 Å². The molecule has 1 aliphatic heterocycles. The Kier molecular flexibility index (Phi) is 7.15. The van der Waals surface area contributed by atoms with Gasteiger partial charge < -0.3 is 9.88 Å². The van der Waals surface area contributed by atoms with Crippen molar-refractivity contribution in [2.45, 2.75) is 31.4 Å². The number of fused-ring (bicyclic) bond motifs is 1. The van der Waals surface area contributed by atoms with Gasteiger partial charge in [-0.2, -0.15) is 26.3 Å². The molecule has 1 N–H and O–H groups in total. The monoisotopic (exact) mass is 545 g/mol. The fraction of sp³-hybridized carbons (Fsp3) is 0.276. The molecule has 4 nitrogen and oxygen atoms in total. The number of benzene rings is 3. The molecule has 0 radical (unpaired) electrons. The van der Waals surface area contributed by atoms with Crippen molar-refractivity contribution < 1.29 is 31.1 Å². The topological polar surface area (TPSA) is 39.3 Å². The van der Waals surface area contributed by atoms with Crippen LogP contribution in [0, 0.1) is 0 Å². The summed E-state index contributed by atoms with van der Waals surface area (Å²) in [6.45, 7) is 1.12. The molecule has 10 heteroatoms. The van der Waals surface area contributed by atoms with Crippen molar-refractivity contribution in [2.75, 3.05) is 19.6 Å². The lowest BCUT2D eigenvalue weighted by atomic mass is 9.95. The van der Waals surface area contributed by atoms with Crippen molar-refractivity contribution in [3.63, 3.8) is 0 Å². The number of aromatic nitrogens is 1. The molecule has 0 spiro atoms. The molecule has 1 amide bonds. The highest BCUT2D eigenvalue weighted by atomic mass is 19.4. The number of nitrogens with zero attached hydrogens (tertiary/aromatic N) is 2. The molecule has 0 unspecified atom stereocenters. The molecule has 4 aromatic rings. The Morgan fingerprint density at radius 2 is 1.46 bits per heavy atom. The molecule has 39 heavy (non-hydrogen) atoms. The first-order valence-electron chi connectivity index (χ1n) is 12.4. The molecule has 1 aromatic heterocycles. The van der Waals surface area contributed by atoms with Crippen LogP contribution >= 0.6 is 0 Å². The Balaban J connectivity index is 1.53. The van der Waals surface area contributed by atoms with E-state index in [1.807, 2.05) is 54.6 Å². The van der Waals surface area contributed by atoms with Crippen molar-refractivity contribution in [3.05, 3.63) is 107 Å². The number of rotatable bonds is 5. The van der Waals surface area contributed by atoms with Crippen LogP contribution in [0.5, 0.6) is 0 Å². The number of carbonyl (C=O) groups is 1. The third-order valence-corrected chi connectivity index (χ3v) is 7.10. The van der Waals surface area contributed by atoms with Crippen molar-refractivity contribution in [2.24, 2.45) is 0 Å². The van der Waals surface area contributed by atoms with Gasteiger partial charge in [0.2, 0.25) is 0 Å². The van der Waals surface area contributed by atoms with Crippen LogP contribution in [0.3, 0.4) is 0 Å². The van der Waals surface area contributed by atoms with Gasteiger partial charge in [-0.05, 0) is 35.7 Å². The summed E-state index contributed by atoms with van der Waals surface area (Å²) in [4.78, 5) is 20.1. The molecular formula is C29H25F6N3O. The van der Waals surface area contributed by atoms with E-state index in [1.54, 1.807) is 6.20 Å². The molecule has 1 saturated heterocycles. The summed E-state index contributed by atoms with van der Waals surface area (Å²) in [6, 6.07) is 18.1. The maximum Gasteiger partial charge on any atom is 0.417 e. The van der Waals surface area contributed by atoms with Gasteiger partial charge in [0.25, 0.3) is 5.91 Å². The van der Waals surface area contributed by atoms with E-state index in [0.29, 0.717) is 31.3 Å². The zero-order valence-electron chi connectivity index (χ0n) is 20.7. The zero-order chi connectivity index (χ0) is 27.8. The van der Waals surface area contributed by atoms with Crippen LogP contribution in [0.1, 0.15) is 32.6 Å². The van der Waals surface area contributed by atoms with Gasteiger partial charge in [0.15, 0.2) is 0 Å². The van der Waals surface area contributed by atoms with Crippen LogP contribution in [-0.4, -0.2) is 46.4 Å². The second kappa shape index (κ2) is 10.4. The summed E-state index contributed by atoms with van der Waals surface area (Å²) in [5.74, 6) is -1.26. The van der Waals surface area contributed by atoms with Crippen molar-refractivity contribution in [1.82, 2.24) is 14.8 Å². The van der Waals surface area contributed by atoms with Crippen LogP contribution in [0.15, 0.2) is 79.0 Å². The van der Waals surface area contributed by atoms with Crippen LogP contribution in [-0.2, 0) is 25.3 Å². The number of H-pyrrole nitrogens is 1. The highest BCUT2D eigenvalue weighted by Crippen LogP contribution is 2.40. The van der Waals surface area contributed by atoms with Crippen LogP contribution in [0.25, 0.3) is 10.9 Å². The van der Waals surface area contributed by atoms with E-state index in [4.69, 9.17) is 0 Å². The smallest absolute Gasteiger partial charge is 0.361 e. The molecule has 2 heterocycles. The van der Waals surface area contributed by atoms with Crippen LogP contribution in [0.2, 0.25) is 0 Å². The van der Waals surface area contributed by atoms with Gasteiger partial charge in [-0.3, -0.25) is 9.69 Å². The average Bonchev–Trinajstić information content (AvgIpc) is 3.30. The summed E-state index contributed by atoms with van der Waals surface area (Å²) >= 11 is 0. The third-order valence-electron chi connectivity index (χ3n) is 7.10. The molecule has 1 fully saturated rings. The molecule has 3 aromatic carbocycles. The second-order valence-corrected chi connectivity index (χ2v) is 9.66. The van der Waals surface area contributed by atoms with E-state index in [9.17, 15) is 31.1 Å². The predicted molar refractivity (Wildman–Crippen MR) is 135 cm³/mol. The number of carbonyl (C=O) groups excluding carboxylic acids is 1. The zero-order valence-corrected chi connectivity index (χ0v) is 20.7. The maximum atomic E-state index is 13.9. The van der Waals surface area contributed by atoms with Gasteiger partial charge in [-0.1, -0.05) is 54.6 Å². The van der Waals surface area contributed by atoms with Crippen LogP contribution < -0.4 is 0 Å². The largest absolute Gasteiger partial charge is 0.417 e. The minimum absolute atomic E-state index is 0.0117. The average molecular weight is 546 g/mol. The van der Waals surface area contributed by atoms with E-state index < -0.39 is 41.0 Å². The van der Waals surface area contributed by atoms with Crippen molar-refractivity contribution >= 4 is 16.8 Å². The third kappa shape index (κ3) is 5.66. The molecular weight excluding hydrogens is 520 g/mol. The summed E-state index contributed by atoms with van der Waals surface area (Å²) in [6.07, 6.45) is -8.23. The predicted octanol–water partition coefficient (Wildman–Crippen LogP) is 6.77. The van der Waals surface area contributed by atoms with Gasteiger partial charge in [0.1, 0.15) is 0 Å². The van der Waals surface area contributed by atoms with Gasteiger partial charge in [0, 0.05) is 49.3 Å². The summed E-state index contributed by atoms with van der Waals surface area (Å²) < 4.78 is 83.2. The summed E-state index contributed by atoms with van der Waals surface area (Å²) in [7, 11) is 0. The SMILES string of the molecule is O=C(c1c(C(F)(F)F)cccc1C(F)(F)F)N1CCN(Cc2ccccc2)C[C@H]1Cc1c[nH]c2ccccc12. The van der Waals surface area contributed by atoms with E-state index in [1.165, 1.54) is 4.90 Å². The Morgan fingerprint density at radius 3 is 2.13 bits per heavy atom. The molecule has 204 valence electrons. The highest BCUT2D eigenvalue weighted by Gasteiger charge is 2.45. The molecule has 0 aliphatic carbocycles. The quantitative estimate of drug-likeness (QED) is 0.281. The lowest BCUT2D eigenvalue weighted by molar-refractivity contribution is -0.144. The number of amides is 1. The molecule has 5 rings (SSSR count). The summed E-state index contributed by atoms with van der Waals surface area (Å²) in [5, 5.41) is 0.886. The first kappa shape index (κ1) is 26.8. The van der Waals surface area contributed by atoms with Gasteiger partial charge >= 0.3 is 12.4 Å². The Morgan fingerprint density at radius 1 is 0.821 bits per heavy atom. The molecule has 0 bridgehead atoms. The lowest BCUT2D eigenvalue weighted by Gasteiger charge is -2.42. The van der Waals surface area contributed by atoms with Gasteiger partial charge in [0.05, 0.1) is 16.7 Å². The number of hydrogen-bond donors (Lipinski definition) is 1. The normalized spacial score (nSPS) is 17.1. The molecule has 0 saturated carbocycles. The second-order valence-electron chi connectivity index (χ2n) is 9.66. The van der Waals surface area contributed by atoms with Gasteiger partial charge in [-0.25, -0.2) is 0 Å². The fourth-order valence-electron chi connectivity index (χ4n) is 5.30. The minimum atomic E-state index is -5.13. The lowest BCUT2D eigenvalue weighted by Crippen LogP contribution is -2.56. The number of halogens is 6. The Bertz CT molecular complexity index is 1430. The number of piperazine rings is 1. The first-order chi connectivity index (χ1) is 18.5. The van der Waals surface area contributed by atoms with Crippen LogP contribution in [0.4, 0.5) is 26.3 Å². The first-order valence-corrected chi connectivity index (χ1v) is 12.4. The minimum Gasteiger partial charge on any atom is -0.361 e. The number of para-hydroxylation sites is 1. The van der Waals surface area contributed by atoms with E-state index in [0.717, 1.165) is 22.0 Å². The molecule has 1 aliphatic rings. The number of hydrogen-bond acceptors (Lipinski definition) is 2.